The maximum atomic E-state index is 12.9. The fraction of sp³-hybridized carbons (Fsp3) is 0.391. The second kappa shape index (κ2) is 9.10. The van der Waals surface area contributed by atoms with Crippen LogP contribution in [0.1, 0.15) is 48.2 Å². The summed E-state index contributed by atoms with van der Waals surface area (Å²) in [5.74, 6) is -0.381. The SMILES string of the molecule is CCc1cccc(C)c1NC(=O)C1CCN(S(=O)(=O)c2ccc(C(C)=O)cc2)CC1. The zero-order valence-corrected chi connectivity index (χ0v) is 18.5. The maximum absolute atomic E-state index is 12.9. The number of ketones is 1. The number of nitrogens with one attached hydrogen (secondary N) is 1. The van der Waals surface area contributed by atoms with Gasteiger partial charge in [-0.3, -0.25) is 9.59 Å². The summed E-state index contributed by atoms with van der Waals surface area (Å²) in [6.07, 6.45) is 1.78. The molecule has 0 spiro atoms. The molecule has 30 heavy (non-hydrogen) atoms. The van der Waals surface area contributed by atoms with E-state index >= 15 is 0 Å². The van der Waals surface area contributed by atoms with Crippen LogP contribution >= 0.6 is 0 Å². The summed E-state index contributed by atoms with van der Waals surface area (Å²) in [7, 11) is -3.64. The van der Waals surface area contributed by atoms with Crippen molar-refractivity contribution in [2.24, 2.45) is 5.92 Å². The lowest BCUT2D eigenvalue weighted by Gasteiger charge is -2.30. The molecule has 1 amide bonds. The summed E-state index contributed by atoms with van der Waals surface area (Å²) in [6.45, 7) is 6.06. The van der Waals surface area contributed by atoms with Crippen LogP contribution in [0.3, 0.4) is 0 Å². The Morgan fingerprint density at radius 3 is 2.27 bits per heavy atom. The van der Waals surface area contributed by atoms with Crippen molar-refractivity contribution >= 4 is 27.4 Å². The number of piperidine rings is 1. The highest BCUT2D eigenvalue weighted by Crippen LogP contribution is 2.27. The Bertz CT molecular complexity index is 1040. The number of amides is 1. The molecule has 2 aromatic carbocycles. The van der Waals surface area contributed by atoms with Crippen molar-refractivity contribution in [3.05, 3.63) is 59.2 Å². The van der Waals surface area contributed by atoms with Gasteiger partial charge in [0.2, 0.25) is 15.9 Å². The molecule has 1 aliphatic heterocycles. The fourth-order valence-corrected chi connectivity index (χ4v) is 5.27. The summed E-state index contributed by atoms with van der Waals surface area (Å²) < 4.78 is 27.2. The number of aryl methyl sites for hydroxylation is 2. The Balaban J connectivity index is 1.65. The summed E-state index contributed by atoms with van der Waals surface area (Å²) in [5, 5.41) is 3.06. The molecule has 1 aliphatic rings. The molecule has 1 N–H and O–H groups in total. The largest absolute Gasteiger partial charge is 0.325 e. The number of sulfonamides is 1. The van der Waals surface area contributed by atoms with E-state index in [0.29, 0.717) is 31.5 Å². The van der Waals surface area contributed by atoms with Crippen LogP contribution in [-0.4, -0.2) is 37.5 Å². The molecule has 1 saturated heterocycles. The summed E-state index contributed by atoms with van der Waals surface area (Å²) in [6, 6.07) is 12.0. The summed E-state index contributed by atoms with van der Waals surface area (Å²) >= 11 is 0. The van der Waals surface area contributed by atoms with E-state index in [1.807, 2.05) is 25.1 Å². The van der Waals surface area contributed by atoms with Crippen LogP contribution < -0.4 is 5.32 Å². The zero-order chi connectivity index (χ0) is 21.9. The minimum Gasteiger partial charge on any atom is -0.325 e. The number of nitrogens with zero attached hydrogens (tertiary/aromatic N) is 1. The van der Waals surface area contributed by atoms with Gasteiger partial charge in [-0.05, 0) is 56.4 Å². The van der Waals surface area contributed by atoms with Gasteiger partial charge in [-0.2, -0.15) is 4.31 Å². The van der Waals surface area contributed by atoms with Crippen molar-refractivity contribution in [3.8, 4) is 0 Å². The van der Waals surface area contributed by atoms with E-state index in [1.165, 1.54) is 35.5 Å². The van der Waals surface area contributed by atoms with E-state index in [1.54, 1.807) is 0 Å². The Morgan fingerprint density at radius 2 is 1.70 bits per heavy atom. The Morgan fingerprint density at radius 1 is 1.07 bits per heavy atom. The van der Waals surface area contributed by atoms with Gasteiger partial charge in [-0.25, -0.2) is 8.42 Å². The molecular weight excluding hydrogens is 400 g/mol. The topological polar surface area (TPSA) is 83.6 Å². The molecule has 0 aromatic heterocycles. The molecule has 7 heteroatoms. The first-order chi connectivity index (χ1) is 14.2. The van der Waals surface area contributed by atoms with Crippen molar-refractivity contribution in [1.82, 2.24) is 4.31 Å². The normalized spacial score (nSPS) is 15.7. The van der Waals surface area contributed by atoms with Crippen LogP contribution in [0.25, 0.3) is 0 Å². The number of carbonyl (C=O) groups is 2. The van der Waals surface area contributed by atoms with Crippen LogP contribution in [0.2, 0.25) is 0 Å². The lowest BCUT2D eigenvalue weighted by molar-refractivity contribution is -0.120. The van der Waals surface area contributed by atoms with Gasteiger partial charge in [0.15, 0.2) is 5.78 Å². The van der Waals surface area contributed by atoms with E-state index in [-0.39, 0.29) is 22.5 Å². The number of rotatable bonds is 6. The van der Waals surface area contributed by atoms with Gasteiger partial charge >= 0.3 is 0 Å². The molecule has 2 aromatic rings. The van der Waals surface area contributed by atoms with Crippen LogP contribution in [-0.2, 0) is 21.2 Å². The Hall–Kier alpha value is -2.51. The lowest BCUT2D eigenvalue weighted by atomic mass is 9.96. The van der Waals surface area contributed by atoms with Gasteiger partial charge in [0.25, 0.3) is 0 Å². The molecule has 0 unspecified atom stereocenters. The molecule has 0 atom stereocenters. The van der Waals surface area contributed by atoms with Crippen molar-refractivity contribution in [2.75, 3.05) is 18.4 Å². The number of carbonyl (C=O) groups excluding carboxylic acids is 2. The van der Waals surface area contributed by atoms with Crippen LogP contribution in [0.5, 0.6) is 0 Å². The average molecular weight is 429 g/mol. The summed E-state index contributed by atoms with van der Waals surface area (Å²) in [4.78, 5) is 24.4. The van der Waals surface area contributed by atoms with Crippen molar-refractivity contribution in [2.45, 2.75) is 44.9 Å². The van der Waals surface area contributed by atoms with Crippen LogP contribution in [0, 0.1) is 12.8 Å². The summed E-state index contributed by atoms with van der Waals surface area (Å²) in [5.41, 5.74) is 3.46. The molecule has 3 rings (SSSR count). The number of anilines is 1. The molecular formula is C23H28N2O4S. The van der Waals surface area contributed by atoms with E-state index in [9.17, 15) is 18.0 Å². The lowest BCUT2D eigenvalue weighted by Crippen LogP contribution is -2.41. The van der Waals surface area contributed by atoms with Gasteiger partial charge in [0.1, 0.15) is 0 Å². The number of para-hydroxylation sites is 1. The molecule has 0 saturated carbocycles. The highest BCUT2D eigenvalue weighted by molar-refractivity contribution is 7.89. The first-order valence-corrected chi connectivity index (χ1v) is 11.7. The van der Waals surface area contributed by atoms with Gasteiger partial charge in [0.05, 0.1) is 4.90 Å². The molecule has 6 nitrogen and oxygen atoms in total. The quantitative estimate of drug-likeness (QED) is 0.710. The highest BCUT2D eigenvalue weighted by atomic mass is 32.2. The monoisotopic (exact) mass is 428 g/mol. The van der Waals surface area contributed by atoms with E-state index < -0.39 is 10.0 Å². The minimum atomic E-state index is -3.64. The van der Waals surface area contributed by atoms with Gasteiger partial charge < -0.3 is 5.32 Å². The molecule has 0 bridgehead atoms. The molecule has 0 radical (unpaired) electrons. The minimum absolute atomic E-state index is 0.0538. The standard InChI is InChI=1S/C23H28N2O4S/c1-4-18-7-5-6-16(2)22(18)24-23(27)20-12-14-25(15-13-20)30(28,29)21-10-8-19(9-11-21)17(3)26/h5-11,20H,4,12-15H2,1-3H3,(H,24,27). The predicted octanol–water partition coefficient (Wildman–Crippen LogP) is 3.80. The number of hydrogen-bond acceptors (Lipinski definition) is 4. The molecule has 1 fully saturated rings. The van der Waals surface area contributed by atoms with Crippen molar-refractivity contribution in [1.29, 1.82) is 0 Å². The van der Waals surface area contributed by atoms with Gasteiger partial charge in [-0.15, -0.1) is 0 Å². The first kappa shape index (κ1) is 22.2. The number of benzene rings is 2. The van der Waals surface area contributed by atoms with Crippen LogP contribution in [0.4, 0.5) is 5.69 Å². The second-order valence-electron chi connectivity index (χ2n) is 7.71. The maximum Gasteiger partial charge on any atom is 0.243 e. The second-order valence-corrected chi connectivity index (χ2v) is 9.65. The smallest absolute Gasteiger partial charge is 0.243 e. The van der Waals surface area contributed by atoms with Crippen molar-refractivity contribution < 1.29 is 18.0 Å². The van der Waals surface area contributed by atoms with Crippen LogP contribution in [0.15, 0.2) is 47.4 Å². The van der Waals surface area contributed by atoms with Gasteiger partial charge in [-0.1, -0.05) is 37.3 Å². The molecule has 160 valence electrons. The van der Waals surface area contributed by atoms with Crippen molar-refractivity contribution in [3.63, 3.8) is 0 Å². The average Bonchev–Trinajstić information content (AvgIpc) is 2.75. The third kappa shape index (κ3) is 4.63. The predicted molar refractivity (Wildman–Crippen MR) is 117 cm³/mol. The van der Waals surface area contributed by atoms with E-state index in [4.69, 9.17) is 0 Å². The highest BCUT2D eigenvalue weighted by Gasteiger charge is 2.32. The number of hydrogen-bond donors (Lipinski definition) is 1. The molecule has 1 heterocycles. The van der Waals surface area contributed by atoms with Gasteiger partial charge in [0, 0.05) is 30.3 Å². The number of Topliss-reactive ketones (excluding diaryl/α,β-unsaturated/α-hetero) is 1. The Labute approximate surface area is 178 Å². The first-order valence-electron chi connectivity index (χ1n) is 10.2. The Kier molecular flexibility index (Phi) is 6.73. The molecule has 0 aliphatic carbocycles. The third-order valence-electron chi connectivity index (χ3n) is 5.71. The zero-order valence-electron chi connectivity index (χ0n) is 17.6. The van der Waals surface area contributed by atoms with E-state index in [0.717, 1.165) is 23.2 Å². The third-order valence-corrected chi connectivity index (χ3v) is 7.62. The fourth-order valence-electron chi connectivity index (χ4n) is 3.80. The van der Waals surface area contributed by atoms with E-state index in [2.05, 4.69) is 12.2 Å².